The van der Waals surface area contributed by atoms with Crippen LogP contribution in [0.4, 0.5) is 14.7 Å². The Labute approximate surface area is 124 Å². The molecule has 0 fully saturated rings. The van der Waals surface area contributed by atoms with Gasteiger partial charge < -0.3 is 9.88 Å². The number of imidazole rings is 1. The normalized spacial score (nSPS) is 10.9. The zero-order chi connectivity index (χ0) is 15.2. The molecule has 114 valence electrons. The number of aromatic nitrogens is 2. The number of anilines is 1. The summed E-state index contributed by atoms with van der Waals surface area (Å²) in [6.45, 7) is 5.58. The average molecular weight is 293 g/mol. The van der Waals surface area contributed by atoms with Gasteiger partial charge in [-0.2, -0.15) is 0 Å². The molecular weight excluding hydrogens is 272 g/mol. The summed E-state index contributed by atoms with van der Waals surface area (Å²) in [6, 6.07) is 3.64. The molecule has 2 aromatic rings. The maximum atomic E-state index is 13.2. The van der Waals surface area contributed by atoms with Gasteiger partial charge in [0.15, 0.2) is 0 Å². The van der Waals surface area contributed by atoms with Crippen molar-refractivity contribution in [1.82, 2.24) is 9.55 Å². The van der Waals surface area contributed by atoms with E-state index in [0.717, 1.165) is 37.1 Å². The Morgan fingerprint density at radius 1 is 1.19 bits per heavy atom. The molecule has 1 aromatic carbocycles. The summed E-state index contributed by atoms with van der Waals surface area (Å²) < 4.78 is 28.3. The summed E-state index contributed by atoms with van der Waals surface area (Å²) in [5, 5.41) is 3.30. The van der Waals surface area contributed by atoms with E-state index in [2.05, 4.69) is 17.2 Å². The standard InChI is InChI=1S/C16H21F2N3/c1-3-4-6-19-16-20-12(2)11-21(16)7-5-13-8-14(17)10-15(18)9-13/h8-11H,3-7H2,1-2H3,(H,19,20). The average Bonchev–Trinajstić information content (AvgIpc) is 2.76. The van der Waals surface area contributed by atoms with Gasteiger partial charge in [0.05, 0.1) is 5.69 Å². The van der Waals surface area contributed by atoms with Gasteiger partial charge >= 0.3 is 0 Å². The highest BCUT2D eigenvalue weighted by Gasteiger charge is 2.06. The number of hydrogen-bond donors (Lipinski definition) is 1. The first-order chi connectivity index (χ1) is 10.1. The molecule has 21 heavy (non-hydrogen) atoms. The van der Waals surface area contributed by atoms with E-state index < -0.39 is 11.6 Å². The zero-order valence-electron chi connectivity index (χ0n) is 12.5. The molecule has 0 amide bonds. The highest BCUT2D eigenvalue weighted by molar-refractivity contribution is 5.29. The third-order valence-corrected chi connectivity index (χ3v) is 3.27. The fourth-order valence-electron chi connectivity index (χ4n) is 2.24. The second-order valence-corrected chi connectivity index (χ2v) is 5.21. The molecule has 0 bridgehead atoms. The van der Waals surface area contributed by atoms with Crippen molar-refractivity contribution in [3.8, 4) is 0 Å². The Bertz CT molecular complexity index is 573. The van der Waals surface area contributed by atoms with Crippen molar-refractivity contribution in [3.63, 3.8) is 0 Å². The van der Waals surface area contributed by atoms with Crippen molar-refractivity contribution in [1.29, 1.82) is 0 Å². The third-order valence-electron chi connectivity index (χ3n) is 3.27. The van der Waals surface area contributed by atoms with Crippen molar-refractivity contribution in [2.75, 3.05) is 11.9 Å². The van der Waals surface area contributed by atoms with Crippen LogP contribution in [0.3, 0.4) is 0 Å². The molecule has 1 heterocycles. The Morgan fingerprint density at radius 3 is 2.57 bits per heavy atom. The summed E-state index contributed by atoms with van der Waals surface area (Å²) in [7, 11) is 0. The molecule has 1 N–H and O–H groups in total. The second-order valence-electron chi connectivity index (χ2n) is 5.21. The fourth-order valence-corrected chi connectivity index (χ4v) is 2.24. The van der Waals surface area contributed by atoms with Crippen LogP contribution in [-0.2, 0) is 13.0 Å². The lowest BCUT2D eigenvalue weighted by Crippen LogP contribution is -2.10. The van der Waals surface area contributed by atoms with Gasteiger partial charge in [-0.05, 0) is 37.5 Å². The number of aryl methyl sites for hydroxylation is 3. The van der Waals surface area contributed by atoms with Crippen LogP contribution in [0.1, 0.15) is 31.0 Å². The summed E-state index contributed by atoms with van der Waals surface area (Å²) >= 11 is 0. The minimum atomic E-state index is -0.534. The van der Waals surface area contributed by atoms with Crippen LogP contribution in [0.15, 0.2) is 24.4 Å². The van der Waals surface area contributed by atoms with E-state index in [-0.39, 0.29) is 0 Å². The highest BCUT2D eigenvalue weighted by atomic mass is 19.1. The van der Waals surface area contributed by atoms with Crippen LogP contribution < -0.4 is 5.32 Å². The summed E-state index contributed by atoms with van der Waals surface area (Å²) in [5.41, 5.74) is 1.58. The second kappa shape index (κ2) is 7.20. The molecule has 0 spiro atoms. The Morgan fingerprint density at radius 2 is 1.90 bits per heavy atom. The molecule has 0 unspecified atom stereocenters. The molecule has 0 aliphatic rings. The molecule has 3 nitrogen and oxygen atoms in total. The van der Waals surface area contributed by atoms with Gasteiger partial charge in [0.1, 0.15) is 11.6 Å². The van der Waals surface area contributed by atoms with Gasteiger partial charge in [-0.25, -0.2) is 13.8 Å². The van der Waals surface area contributed by atoms with Crippen LogP contribution in [-0.4, -0.2) is 16.1 Å². The molecule has 1 aromatic heterocycles. The van der Waals surface area contributed by atoms with Crippen LogP contribution in [0.2, 0.25) is 0 Å². The molecule has 0 aliphatic heterocycles. The lowest BCUT2D eigenvalue weighted by atomic mass is 10.1. The van der Waals surface area contributed by atoms with E-state index >= 15 is 0 Å². The summed E-state index contributed by atoms with van der Waals surface area (Å²) in [6.07, 6.45) is 4.72. The molecular formula is C16H21F2N3. The highest BCUT2D eigenvalue weighted by Crippen LogP contribution is 2.13. The molecule has 0 atom stereocenters. The van der Waals surface area contributed by atoms with Gasteiger partial charge in [0.25, 0.3) is 0 Å². The molecule has 0 aliphatic carbocycles. The van der Waals surface area contributed by atoms with Crippen LogP contribution >= 0.6 is 0 Å². The Hall–Kier alpha value is -1.91. The number of nitrogens with zero attached hydrogens (tertiary/aromatic N) is 2. The SMILES string of the molecule is CCCCNc1nc(C)cn1CCc1cc(F)cc(F)c1. The van der Waals surface area contributed by atoms with Crippen LogP contribution in [0, 0.1) is 18.6 Å². The van der Waals surface area contributed by atoms with Gasteiger partial charge in [-0.3, -0.25) is 0 Å². The van der Waals surface area contributed by atoms with Crippen LogP contribution in [0.5, 0.6) is 0 Å². The van der Waals surface area contributed by atoms with E-state index in [1.807, 2.05) is 17.7 Å². The number of nitrogens with one attached hydrogen (secondary N) is 1. The number of benzene rings is 1. The maximum absolute atomic E-state index is 13.2. The lowest BCUT2D eigenvalue weighted by Gasteiger charge is -2.09. The summed E-state index contributed by atoms with van der Waals surface area (Å²) in [4.78, 5) is 4.43. The van der Waals surface area contributed by atoms with Crippen LogP contribution in [0.25, 0.3) is 0 Å². The summed E-state index contributed by atoms with van der Waals surface area (Å²) in [5.74, 6) is -0.251. The quantitative estimate of drug-likeness (QED) is 0.784. The van der Waals surface area contributed by atoms with Gasteiger partial charge in [-0.15, -0.1) is 0 Å². The Kier molecular flexibility index (Phi) is 5.31. The predicted octanol–water partition coefficient (Wildman–Crippen LogP) is 3.92. The maximum Gasteiger partial charge on any atom is 0.203 e. The van der Waals surface area contributed by atoms with Crippen molar-refractivity contribution >= 4 is 5.95 Å². The topological polar surface area (TPSA) is 29.9 Å². The van der Waals surface area contributed by atoms with E-state index in [0.29, 0.717) is 18.5 Å². The van der Waals surface area contributed by atoms with E-state index in [1.54, 1.807) is 0 Å². The first-order valence-corrected chi connectivity index (χ1v) is 7.31. The first-order valence-electron chi connectivity index (χ1n) is 7.31. The molecule has 0 saturated carbocycles. The predicted molar refractivity (Wildman–Crippen MR) is 80.4 cm³/mol. The van der Waals surface area contributed by atoms with Crippen molar-refractivity contribution in [2.24, 2.45) is 0 Å². The Balaban J connectivity index is 2.01. The van der Waals surface area contributed by atoms with Gasteiger partial charge in [-0.1, -0.05) is 13.3 Å². The smallest absolute Gasteiger partial charge is 0.203 e. The van der Waals surface area contributed by atoms with Crippen molar-refractivity contribution < 1.29 is 8.78 Å². The van der Waals surface area contributed by atoms with Gasteiger partial charge in [0.2, 0.25) is 5.95 Å². The van der Waals surface area contributed by atoms with E-state index in [9.17, 15) is 8.78 Å². The number of hydrogen-bond acceptors (Lipinski definition) is 2. The number of unbranched alkanes of at least 4 members (excludes halogenated alkanes) is 1. The molecule has 0 saturated heterocycles. The monoisotopic (exact) mass is 293 g/mol. The molecule has 2 rings (SSSR count). The largest absolute Gasteiger partial charge is 0.356 e. The van der Waals surface area contributed by atoms with Crippen molar-refractivity contribution in [2.45, 2.75) is 39.7 Å². The molecule has 0 radical (unpaired) electrons. The minimum absolute atomic E-state index is 0.534. The number of rotatable bonds is 7. The minimum Gasteiger partial charge on any atom is -0.356 e. The van der Waals surface area contributed by atoms with E-state index in [4.69, 9.17) is 0 Å². The number of halogens is 2. The lowest BCUT2D eigenvalue weighted by molar-refractivity contribution is 0.576. The fraction of sp³-hybridized carbons (Fsp3) is 0.438. The van der Waals surface area contributed by atoms with E-state index in [1.165, 1.54) is 12.1 Å². The first kappa shape index (κ1) is 15.5. The van der Waals surface area contributed by atoms with Gasteiger partial charge in [0, 0.05) is 25.4 Å². The third kappa shape index (κ3) is 4.55. The molecule has 5 heteroatoms. The van der Waals surface area contributed by atoms with Crippen molar-refractivity contribution in [3.05, 3.63) is 47.3 Å². The zero-order valence-corrected chi connectivity index (χ0v) is 12.5.